The fourth-order valence-corrected chi connectivity index (χ4v) is 3.70. The molecule has 0 aliphatic carbocycles. The predicted molar refractivity (Wildman–Crippen MR) is 96.9 cm³/mol. The zero-order chi connectivity index (χ0) is 14.7. The van der Waals surface area contributed by atoms with Crippen molar-refractivity contribution in [3.8, 4) is 0 Å². The standard InChI is InChI=1S/C16H31N3O.2ClH/c1-12(2)15(17)16(20)19-10-7-13(8-11-19)14-6-4-5-9-18(14)3;;/h12-15H,4-11,17H2,1-3H3;2*1H/t14?,15-;;/m1../s1. The van der Waals surface area contributed by atoms with Gasteiger partial charge in [-0.25, -0.2) is 0 Å². The molecule has 0 aromatic rings. The van der Waals surface area contributed by atoms with Gasteiger partial charge in [-0.3, -0.25) is 4.79 Å². The lowest BCUT2D eigenvalue weighted by Crippen LogP contribution is -2.51. The summed E-state index contributed by atoms with van der Waals surface area (Å²) >= 11 is 0. The number of halogens is 2. The van der Waals surface area contributed by atoms with Crippen molar-refractivity contribution in [2.24, 2.45) is 17.6 Å². The van der Waals surface area contributed by atoms with E-state index in [9.17, 15) is 4.79 Å². The summed E-state index contributed by atoms with van der Waals surface area (Å²) < 4.78 is 0. The third-order valence-electron chi connectivity index (χ3n) is 5.23. The summed E-state index contributed by atoms with van der Waals surface area (Å²) in [6.07, 6.45) is 6.33. The topological polar surface area (TPSA) is 49.6 Å². The molecule has 0 radical (unpaired) electrons. The summed E-state index contributed by atoms with van der Waals surface area (Å²) in [4.78, 5) is 16.8. The van der Waals surface area contributed by atoms with Gasteiger partial charge in [0, 0.05) is 19.1 Å². The fourth-order valence-electron chi connectivity index (χ4n) is 3.70. The van der Waals surface area contributed by atoms with Crippen LogP contribution >= 0.6 is 24.8 Å². The number of rotatable bonds is 3. The van der Waals surface area contributed by atoms with Crippen LogP contribution in [-0.4, -0.2) is 54.5 Å². The number of carbonyl (C=O) groups is 1. The Balaban J connectivity index is 0.00000220. The monoisotopic (exact) mass is 353 g/mol. The number of nitrogens with two attached hydrogens (primary N) is 1. The minimum Gasteiger partial charge on any atom is -0.341 e. The average molecular weight is 354 g/mol. The van der Waals surface area contributed by atoms with E-state index in [-0.39, 0.29) is 42.7 Å². The molecule has 2 saturated heterocycles. The highest BCUT2D eigenvalue weighted by molar-refractivity contribution is 5.85. The first-order chi connectivity index (χ1) is 9.50. The second kappa shape index (κ2) is 9.96. The van der Waals surface area contributed by atoms with E-state index in [0.29, 0.717) is 0 Å². The lowest BCUT2D eigenvalue weighted by Gasteiger charge is -2.42. The third kappa shape index (κ3) is 5.26. The molecular weight excluding hydrogens is 321 g/mol. The van der Waals surface area contributed by atoms with Crippen LogP contribution in [0.25, 0.3) is 0 Å². The molecule has 0 saturated carbocycles. The van der Waals surface area contributed by atoms with Gasteiger partial charge in [0.05, 0.1) is 6.04 Å². The molecule has 22 heavy (non-hydrogen) atoms. The largest absolute Gasteiger partial charge is 0.341 e. The van der Waals surface area contributed by atoms with E-state index in [1.165, 1.54) is 25.8 Å². The molecule has 2 rings (SSSR count). The van der Waals surface area contributed by atoms with Gasteiger partial charge in [-0.1, -0.05) is 20.3 Å². The smallest absolute Gasteiger partial charge is 0.239 e. The maximum atomic E-state index is 12.3. The van der Waals surface area contributed by atoms with E-state index in [1.54, 1.807) is 0 Å². The molecule has 2 aliphatic rings. The predicted octanol–water partition coefficient (Wildman–Crippen LogP) is 2.54. The van der Waals surface area contributed by atoms with Gasteiger partial charge in [0.25, 0.3) is 0 Å². The SMILES string of the molecule is CC(C)[C@@H](N)C(=O)N1CCC(C2CCCCN2C)CC1.Cl.Cl. The minimum atomic E-state index is -0.330. The van der Waals surface area contributed by atoms with Crippen LogP contribution in [-0.2, 0) is 4.79 Å². The summed E-state index contributed by atoms with van der Waals surface area (Å²) in [6.45, 7) is 7.07. The van der Waals surface area contributed by atoms with E-state index in [1.807, 2.05) is 18.7 Å². The highest BCUT2D eigenvalue weighted by atomic mass is 35.5. The maximum absolute atomic E-state index is 12.3. The molecule has 2 aliphatic heterocycles. The van der Waals surface area contributed by atoms with Crippen molar-refractivity contribution < 1.29 is 4.79 Å². The Morgan fingerprint density at radius 2 is 1.64 bits per heavy atom. The second-order valence-electron chi connectivity index (χ2n) is 6.98. The number of piperidine rings is 2. The molecule has 6 heteroatoms. The van der Waals surface area contributed by atoms with Gasteiger partial charge in [-0.15, -0.1) is 24.8 Å². The van der Waals surface area contributed by atoms with Gasteiger partial charge in [0.1, 0.15) is 0 Å². The molecule has 2 N–H and O–H groups in total. The summed E-state index contributed by atoms with van der Waals surface area (Å²) in [7, 11) is 2.26. The van der Waals surface area contributed by atoms with Crippen LogP contribution in [0.3, 0.4) is 0 Å². The molecule has 2 atom stereocenters. The normalized spacial score (nSPS) is 25.3. The molecule has 1 amide bonds. The zero-order valence-corrected chi connectivity index (χ0v) is 15.8. The van der Waals surface area contributed by atoms with Crippen molar-refractivity contribution in [2.75, 3.05) is 26.7 Å². The molecule has 0 spiro atoms. The second-order valence-corrected chi connectivity index (χ2v) is 6.98. The summed E-state index contributed by atoms with van der Waals surface area (Å²) in [5.74, 6) is 1.14. The van der Waals surface area contributed by atoms with E-state index in [4.69, 9.17) is 5.73 Å². The van der Waals surface area contributed by atoms with Crippen molar-refractivity contribution in [1.29, 1.82) is 0 Å². The number of hydrogen-bond acceptors (Lipinski definition) is 3. The van der Waals surface area contributed by atoms with Crippen LogP contribution in [0.2, 0.25) is 0 Å². The summed E-state index contributed by atoms with van der Waals surface area (Å²) in [5, 5.41) is 0. The quantitative estimate of drug-likeness (QED) is 0.847. The summed E-state index contributed by atoms with van der Waals surface area (Å²) in [5.41, 5.74) is 5.99. The lowest BCUT2D eigenvalue weighted by atomic mass is 9.83. The van der Waals surface area contributed by atoms with Crippen molar-refractivity contribution >= 4 is 30.7 Å². The van der Waals surface area contributed by atoms with Crippen LogP contribution in [0.5, 0.6) is 0 Å². The number of carbonyl (C=O) groups excluding carboxylic acids is 1. The first-order valence-electron chi connectivity index (χ1n) is 8.25. The van der Waals surface area contributed by atoms with Crippen molar-refractivity contribution in [2.45, 2.75) is 58.0 Å². The molecule has 132 valence electrons. The molecule has 0 bridgehead atoms. The van der Waals surface area contributed by atoms with Crippen molar-refractivity contribution in [3.05, 3.63) is 0 Å². The van der Waals surface area contributed by atoms with Crippen LogP contribution in [0.4, 0.5) is 0 Å². The van der Waals surface area contributed by atoms with Crippen molar-refractivity contribution in [3.63, 3.8) is 0 Å². The van der Waals surface area contributed by atoms with Gasteiger partial charge < -0.3 is 15.5 Å². The van der Waals surface area contributed by atoms with Gasteiger partial charge in [-0.2, -0.15) is 0 Å². The molecule has 0 aromatic carbocycles. The number of hydrogen-bond donors (Lipinski definition) is 1. The Morgan fingerprint density at radius 3 is 2.14 bits per heavy atom. The van der Waals surface area contributed by atoms with Crippen LogP contribution in [0.1, 0.15) is 46.0 Å². The molecule has 2 heterocycles. The van der Waals surface area contributed by atoms with Gasteiger partial charge in [0.2, 0.25) is 5.91 Å². The van der Waals surface area contributed by atoms with Gasteiger partial charge in [-0.05, 0) is 51.1 Å². The molecule has 2 fully saturated rings. The Morgan fingerprint density at radius 1 is 1.05 bits per heavy atom. The average Bonchev–Trinajstić information content (AvgIpc) is 2.46. The molecule has 0 aromatic heterocycles. The van der Waals surface area contributed by atoms with Gasteiger partial charge >= 0.3 is 0 Å². The number of likely N-dealkylation sites (tertiary alicyclic amines) is 2. The number of nitrogens with zero attached hydrogens (tertiary/aromatic N) is 2. The number of amides is 1. The Bertz CT molecular complexity index is 333. The first kappa shape index (κ1) is 22.0. The van der Waals surface area contributed by atoms with E-state index in [0.717, 1.165) is 37.9 Å². The Labute approximate surface area is 148 Å². The van der Waals surface area contributed by atoms with Crippen LogP contribution in [0.15, 0.2) is 0 Å². The molecule has 1 unspecified atom stereocenters. The maximum Gasteiger partial charge on any atom is 0.239 e. The van der Waals surface area contributed by atoms with E-state index < -0.39 is 0 Å². The van der Waals surface area contributed by atoms with Crippen LogP contribution in [0, 0.1) is 11.8 Å². The lowest BCUT2D eigenvalue weighted by molar-refractivity contribution is -0.135. The van der Waals surface area contributed by atoms with Crippen molar-refractivity contribution in [1.82, 2.24) is 9.80 Å². The highest BCUT2D eigenvalue weighted by Crippen LogP contribution is 2.29. The summed E-state index contributed by atoms with van der Waals surface area (Å²) in [6, 6.07) is 0.406. The van der Waals surface area contributed by atoms with E-state index in [2.05, 4.69) is 11.9 Å². The third-order valence-corrected chi connectivity index (χ3v) is 5.23. The Hall–Kier alpha value is -0.0300. The van der Waals surface area contributed by atoms with Gasteiger partial charge in [0.15, 0.2) is 0 Å². The van der Waals surface area contributed by atoms with Crippen LogP contribution < -0.4 is 5.73 Å². The van der Waals surface area contributed by atoms with E-state index >= 15 is 0 Å². The molecular formula is C16H33Cl2N3O. The minimum absolute atomic E-state index is 0. The highest BCUT2D eigenvalue weighted by Gasteiger charge is 2.33. The fraction of sp³-hybridized carbons (Fsp3) is 0.938. The molecule has 4 nitrogen and oxygen atoms in total. The first-order valence-corrected chi connectivity index (χ1v) is 8.25. The Kier molecular flexibility index (Phi) is 9.95. The zero-order valence-electron chi connectivity index (χ0n) is 14.2.